The highest BCUT2D eigenvalue weighted by molar-refractivity contribution is 5.04. The van der Waals surface area contributed by atoms with Gasteiger partial charge in [-0.05, 0) is 33.3 Å². The molecule has 0 aliphatic rings. The highest BCUT2D eigenvalue weighted by Gasteiger charge is 2.11. The Labute approximate surface area is 73.4 Å². The van der Waals surface area contributed by atoms with Crippen molar-refractivity contribution in [1.29, 1.82) is 0 Å². The van der Waals surface area contributed by atoms with E-state index < -0.39 is 0 Å². The highest BCUT2D eigenvalue weighted by atomic mass is 16.3. The molecule has 1 N–H and O–H groups in total. The third-order valence-corrected chi connectivity index (χ3v) is 1.78. The van der Waals surface area contributed by atoms with Crippen molar-refractivity contribution < 1.29 is 4.42 Å². The number of hydrogen-bond acceptors (Lipinski definition) is 3. The Balaban J connectivity index is 2.57. The number of nitrogens with one attached hydrogen (secondary N) is 1. The van der Waals surface area contributed by atoms with E-state index in [-0.39, 0.29) is 6.04 Å². The van der Waals surface area contributed by atoms with Crippen LogP contribution in [0, 0.1) is 0 Å². The van der Waals surface area contributed by atoms with Crippen molar-refractivity contribution in [2.75, 3.05) is 27.7 Å². The zero-order chi connectivity index (χ0) is 8.97. The maximum atomic E-state index is 5.30. The van der Waals surface area contributed by atoms with E-state index in [9.17, 15) is 0 Å². The number of hydrogen-bond donors (Lipinski definition) is 1. The molecule has 0 aliphatic carbocycles. The predicted molar refractivity (Wildman–Crippen MR) is 49.1 cm³/mol. The van der Waals surface area contributed by atoms with Gasteiger partial charge in [0.05, 0.1) is 12.3 Å². The van der Waals surface area contributed by atoms with E-state index in [1.807, 2.05) is 33.3 Å². The summed E-state index contributed by atoms with van der Waals surface area (Å²) in [5, 5.41) is 3.20. The second-order valence-corrected chi connectivity index (χ2v) is 3.12. The molecule has 12 heavy (non-hydrogen) atoms. The molecule has 0 amide bonds. The minimum atomic E-state index is 0.287. The van der Waals surface area contributed by atoms with Crippen molar-refractivity contribution in [1.82, 2.24) is 10.2 Å². The molecule has 0 radical (unpaired) electrons. The number of likely N-dealkylation sites (N-methyl/N-ethyl adjacent to an activating group) is 2. The van der Waals surface area contributed by atoms with E-state index in [4.69, 9.17) is 4.42 Å². The molecule has 3 nitrogen and oxygen atoms in total. The van der Waals surface area contributed by atoms with Gasteiger partial charge in [0.1, 0.15) is 5.76 Å². The lowest BCUT2D eigenvalue weighted by molar-refractivity contribution is 0.319. The normalized spacial score (nSPS) is 13.7. The lowest BCUT2D eigenvalue weighted by atomic mass is 10.2. The van der Waals surface area contributed by atoms with Crippen molar-refractivity contribution in [3.63, 3.8) is 0 Å². The average Bonchev–Trinajstić information content (AvgIpc) is 2.51. The molecule has 0 aromatic carbocycles. The Morgan fingerprint density at radius 3 is 2.75 bits per heavy atom. The summed E-state index contributed by atoms with van der Waals surface area (Å²) in [4.78, 5) is 2.13. The summed E-state index contributed by atoms with van der Waals surface area (Å²) in [6, 6.07) is 4.19. The van der Waals surface area contributed by atoms with Gasteiger partial charge < -0.3 is 14.6 Å². The zero-order valence-corrected chi connectivity index (χ0v) is 7.87. The van der Waals surface area contributed by atoms with Gasteiger partial charge in [-0.2, -0.15) is 0 Å². The first-order valence-corrected chi connectivity index (χ1v) is 4.09. The standard InChI is InChI=1S/C9H16N2O/c1-10-8(7-11(2)3)9-5-4-6-12-9/h4-6,8,10H,7H2,1-3H3. The van der Waals surface area contributed by atoms with Gasteiger partial charge in [-0.15, -0.1) is 0 Å². The van der Waals surface area contributed by atoms with Crippen molar-refractivity contribution in [2.45, 2.75) is 6.04 Å². The van der Waals surface area contributed by atoms with Gasteiger partial charge in [-0.3, -0.25) is 0 Å². The van der Waals surface area contributed by atoms with Crippen LogP contribution in [0.1, 0.15) is 11.8 Å². The number of rotatable bonds is 4. The third kappa shape index (κ3) is 2.36. The van der Waals surface area contributed by atoms with Crippen LogP contribution in [-0.4, -0.2) is 32.6 Å². The van der Waals surface area contributed by atoms with Crippen LogP contribution in [0.5, 0.6) is 0 Å². The number of nitrogens with zero attached hydrogens (tertiary/aromatic N) is 1. The minimum absolute atomic E-state index is 0.287. The van der Waals surface area contributed by atoms with Gasteiger partial charge in [-0.1, -0.05) is 0 Å². The molecule has 0 fully saturated rings. The number of furan rings is 1. The van der Waals surface area contributed by atoms with Gasteiger partial charge in [-0.25, -0.2) is 0 Å². The summed E-state index contributed by atoms with van der Waals surface area (Å²) >= 11 is 0. The van der Waals surface area contributed by atoms with Gasteiger partial charge in [0.25, 0.3) is 0 Å². The largest absolute Gasteiger partial charge is 0.468 e. The second-order valence-electron chi connectivity index (χ2n) is 3.12. The molecule has 1 heterocycles. The molecular formula is C9H16N2O. The topological polar surface area (TPSA) is 28.4 Å². The fraction of sp³-hybridized carbons (Fsp3) is 0.556. The first-order chi connectivity index (χ1) is 5.74. The second kappa shape index (κ2) is 4.28. The van der Waals surface area contributed by atoms with Crippen molar-refractivity contribution in [3.8, 4) is 0 Å². The van der Waals surface area contributed by atoms with Crippen LogP contribution in [0.4, 0.5) is 0 Å². The van der Waals surface area contributed by atoms with E-state index in [2.05, 4.69) is 10.2 Å². The lowest BCUT2D eigenvalue weighted by Gasteiger charge is -2.18. The summed E-state index contributed by atoms with van der Waals surface area (Å²) in [5.41, 5.74) is 0. The third-order valence-electron chi connectivity index (χ3n) is 1.78. The maximum Gasteiger partial charge on any atom is 0.121 e. The lowest BCUT2D eigenvalue weighted by Crippen LogP contribution is -2.28. The van der Waals surface area contributed by atoms with E-state index in [1.165, 1.54) is 0 Å². The van der Waals surface area contributed by atoms with E-state index in [1.54, 1.807) is 6.26 Å². The summed E-state index contributed by atoms with van der Waals surface area (Å²) in [6.45, 7) is 0.948. The molecule has 0 saturated carbocycles. The highest BCUT2D eigenvalue weighted by Crippen LogP contribution is 2.12. The van der Waals surface area contributed by atoms with Crippen molar-refractivity contribution in [3.05, 3.63) is 24.2 Å². The Morgan fingerprint density at radius 1 is 1.58 bits per heavy atom. The van der Waals surface area contributed by atoms with E-state index in [0.29, 0.717) is 0 Å². The van der Waals surface area contributed by atoms with Crippen LogP contribution in [0.2, 0.25) is 0 Å². The molecule has 0 spiro atoms. The molecule has 0 aliphatic heterocycles. The first kappa shape index (κ1) is 9.29. The Morgan fingerprint density at radius 2 is 2.33 bits per heavy atom. The molecule has 1 atom stereocenters. The Bertz CT molecular complexity index is 206. The quantitative estimate of drug-likeness (QED) is 0.729. The van der Waals surface area contributed by atoms with Crippen LogP contribution >= 0.6 is 0 Å². The molecule has 1 aromatic heterocycles. The van der Waals surface area contributed by atoms with E-state index >= 15 is 0 Å². The molecule has 1 rings (SSSR count). The van der Waals surface area contributed by atoms with Gasteiger partial charge in [0.15, 0.2) is 0 Å². The smallest absolute Gasteiger partial charge is 0.121 e. The van der Waals surface area contributed by atoms with Crippen LogP contribution in [-0.2, 0) is 0 Å². The Kier molecular flexibility index (Phi) is 3.31. The Hall–Kier alpha value is -0.800. The predicted octanol–water partition coefficient (Wildman–Crippen LogP) is 1.10. The summed E-state index contributed by atoms with van der Waals surface area (Å²) in [6.07, 6.45) is 1.70. The molecule has 1 aromatic rings. The molecule has 1 unspecified atom stereocenters. The monoisotopic (exact) mass is 168 g/mol. The fourth-order valence-corrected chi connectivity index (χ4v) is 1.18. The molecule has 0 saturated heterocycles. The maximum absolute atomic E-state index is 5.30. The van der Waals surface area contributed by atoms with Gasteiger partial charge >= 0.3 is 0 Å². The van der Waals surface area contributed by atoms with Crippen LogP contribution in [0.3, 0.4) is 0 Å². The van der Waals surface area contributed by atoms with Gasteiger partial charge in [0, 0.05) is 6.54 Å². The van der Waals surface area contributed by atoms with Crippen molar-refractivity contribution >= 4 is 0 Å². The summed E-state index contributed by atoms with van der Waals surface area (Å²) in [5.74, 6) is 0.992. The van der Waals surface area contributed by atoms with Crippen LogP contribution in [0.25, 0.3) is 0 Å². The first-order valence-electron chi connectivity index (χ1n) is 4.09. The fourth-order valence-electron chi connectivity index (χ4n) is 1.18. The molecule has 0 bridgehead atoms. The van der Waals surface area contributed by atoms with E-state index in [0.717, 1.165) is 12.3 Å². The SMILES string of the molecule is CNC(CN(C)C)c1ccco1. The minimum Gasteiger partial charge on any atom is -0.468 e. The van der Waals surface area contributed by atoms with Crippen molar-refractivity contribution in [2.24, 2.45) is 0 Å². The molecule has 3 heteroatoms. The molecular weight excluding hydrogens is 152 g/mol. The van der Waals surface area contributed by atoms with Crippen LogP contribution in [0.15, 0.2) is 22.8 Å². The van der Waals surface area contributed by atoms with Crippen LogP contribution < -0.4 is 5.32 Å². The summed E-state index contributed by atoms with van der Waals surface area (Å²) < 4.78 is 5.30. The summed E-state index contributed by atoms with van der Waals surface area (Å²) in [7, 11) is 6.04. The average molecular weight is 168 g/mol. The zero-order valence-electron chi connectivity index (χ0n) is 7.87. The van der Waals surface area contributed by atoms with Gasteiger partial charge in [0.2, 0.25) is 0 Å². The molecule has 68 valence electrons.